The van der Waals surface area contributed by atoms with Gasteiger partial charge in [0, 0.05) is 25.6 Å². The van der Waals surface area contributed by atoms with Gasteiger partial charge in [0.05, 0.1) is 0 Å². The molecule has 5 aliphatic rings. The Bertz CT molecular complexity index is 3310. The van der Waals surface area contributed by atoms with Gasteiger partial charge in [-0.1, -0.05) is 140 Å². The summed E-state index contributed by atoms with van der Waals surface area (Å²) in [6.45, 7) is 0. The highest BCUT2D eigenvalue weighted by Crippen LogP contribution is 2.70. The highest BCUT2D eigenvalue weighted by molar-refractivity contribution is 7.25. The lowest BCUT2D eigenvalue weighted by atomic mass is 9.43. The molecule has 0 saturated heterocycles. The van der Waals surface area contributed by atoms with Crippen molar-refractivity contribution in [3.8, 4) is 44.5 Å². The fourth-order valence-corrected chi connectivity index (χ4v) is 14.7. The predicted molar refractivity (Wildman–Crippen MR) is 251 cm³/mol. The van der Waals surface area contributed by atoms with Gasteiger partial charge in [-0.05, 0) is 174 Å². The molecule has 4 bridgehead atoms. The van der Waals surface area contributed by atoms with Gasteiger partial charge in [0.15, 0.2) is 0 Å². The van der Waals surface area contributed by atoms with Crippen LogP contribution in [-0.2, 0) is 5.41 Å². The molecular weight excluding hydrogens is 729 g/mol. The second-order valence-corrected chi connectivity index (χ2v) is 19.5. The lowest BCUT2D eigenvalue weighted by Gasteiger charge is -2.61. The Morgan fingerprint density at radius 2 is 0.847 bits per heavy atom. The minimum Gasteiger partial charge on any atom is -0.135 e. The molecule has 1 spiro atoms. The zero-order valence-electron chi connectivity index (χ0n) is 32.9. The molecule has 4 saturated carbocycles. The fraction of sp³-hybridized carbons (Fsp3) is 0.172. The van der Waals surface area contributed by atoms with E-state index in [4.69, 9.17) is 0 Å². The van der Waals surface area contributed by atoms with E-state index in [9.17, 15) is 0 Å². The third-order valence-electron chi connectivity index (χ3n) is 15.6. The summed E-state index contributed by atoms with van der Waals surface area (Å²) in [7, 11) is 0. The number of fused-ring (bicyclic) bond motifs is 9. The Morgan fingerprint density at radius 3 is 1.49 bits per heavy atom. The van der Waals surface area contributed by atoms with E-state index in [1.165, 1.54) is 129 Å². The maximum absolute atomic E-state index is 2.66. The molecule has 59 heavy (non-hydrogen) atoms. The minimum absolute atomic E-state index is 0.143. The molecule has 15 rings (SSSR count). The van der Waals surface area contributed by atoms with Gasteiger partial charge >= 0.3 is 0 Å². The van der Waals surface area contributed by atoms with Crippen LogP contribution in [0.2, 0.25) is 0 Å². The molecule has 0 radical (unpaired) electrons. The summed E-state index contributed by atoms with van der Waals surface area (Å²) in [5.41, 5.74) is 14.3. The van der Waals surface area contributed by atoms with E-state index in [-0.39, 0.29) is 5.41 Å². The predicted octanol–water partition coefficient (Wildman–Crippen LogP) is 16.2. The molecule has 1 heteroatoms. The molecule has 4 fully saturated rings. The number of hydrogen-bond donors (Lipinski definition) is 0. The van der Waals surface area contributed by atoms with E-state index in [0.29, 0.717) is 0 Å². The molecule has 0 amide bonds. The standard InChI is InChI=1S/C58H42S/c1-2-10-36(11-3-1)56-47-14-6-8-16-49(47)57(50-17-9-7-15-48(50)56)41-20-23-46-45-22-19-40(32-54(45)59-55(46)33-41)39-18-21-44-51-29-37-12-4-5-13-38(37)30-53(51)58(52(44)31-39)42-25-34-24-35(27-42)28-43(58)26-34/h1-23,29-35,42-43H,24-28H2. The van der Waals surface area contributed by atoms with E-state index >= 15 is 0 Å². The van der Waals surface area contributed by atoms with Crippen molar-refractivity contribution in [3.63, 3.8) is 0 Å². The van der Waals surface area contributed by atoms with Crippen LogP contribution < -0.4 is 0 Å². The summed E-state index contributed by atoms with van der Waals surface area (Å²) >= 11 is 1.95. The molecule has 9 aromatic carbocycles. The first kappa shape index (κ1) is 32.9. The van der Waals surface area contributed by atoms with Gasteiger partial charge < -0.3 is 0 Å². The molecule has 1 heterocycles. The van der Waals surface area contributed by atoms with Gasteiger partial charge in [0.1, 0.15) is 0 Å². The Hall–Kier alpha value is -6.02. The van der Waals surface area contributed by atoms with Gasteiger partial charge in [-0.3, -0.25) is 0 Å². The molecule has 280 valence electrons. The van der Waals surface area contributed by atoms with Crippen LogP contribution >= 0.6 is 11.3 Å². The molecule has 0 aliphatic heterocycles. The SMILES string of the molecule is c1ccc(-c2c3ccccc3c(-c3ccc4c(c3)sc3cc(-c5ccc6c(c5)C5(c7cc8ccccc8cc7-6)C6CC7CC(C6)CC5C7)ccc34)c3ccccc23)cc1. The second-order valence-electron chi connectivity index (χ2n) is 18.4. The number of hydrogen-bond acceptors (Lipinski definition) is 1. The van der Waals surface area contributed by atoms with Crippen molar-refractivity contribution < 1.29 is 0 Å². The number of thiophene rings is 1. The van der Waals surface area contributed by atoms with Gasteiger partial charge in [0.2, 0.25) is 0 Å². The molecule has 0 unspecified atom stereocenters. The Labute approximate surface area is 348 Å². The van der Waals surface area contributed by atoms with Crippen LogP contribution in [-0.4, -0.2) is 0 Å². The first-order chi connectivity index (χ1) is 29.2. The minimum atomic E-state index is 0.143. The average molecular weight is 771 g/mol. The van der Waals surface area contributed by atoms with Crippen LogP contribution in [0.25, 0.3) is 97.0 Å². The van der Waals surface area contributed by atoms with Crippen molar-refractivity contribution in [1.29, 1.82) is 0 Å². The first-order valence-corrected chi connectivity index (χ1v) is 22.6. The van der Waals surface area contributed by atoms with Crippen LogP contribution in [0.3, 0.4) is 0 Å². The van der Waals surface area contributed by atoms with Crippen molar-refractivity contribution in [2.45, 2.75) is 37.5 Å². The molecule has 0 N–H and O–H groups in total. The van der Waals surface area contributed by atoms with Crippen molar-refractivity contribution in [2.75, 3.05) is 0 Å². The summed E-state index contributed by atoms with van der Waals surface area (Å²) in [6.07, 6.45) is 7.09. The highest BCUT2D eigenvalue weighted by Gasteiger charge is 2.61. The Morgan fingerprint density at radius 1 is 0.356 bits per heavy atom. The van der Waals surface area contributed by atoms with E-state index < -0.39 is 0 Å². The summed E-state index contributed by atoms with van der Waals surface area (Å²) in [5.74, 6) is 3.36. The smallest absolute Gasteiger partial charge is 0.0361 e. The summed E-state index contributed by atoms with van der Waals surface area (Å²) in [5, 5.41) is 10.7. The fourth-order valence-electron chi connectivity index (χ4n) is 13.5. The van der Waals surface area contributed by atoms with Crippen molar-refractivity contribution in [2.24, 2.45) is 23.7 Å². The highest BCUT2D eigenvalue weighted by atomic mass is 32.1. The van der Waals surface area contributed by atoms with Gasteiger partial charge in [-0.2, -0.15) is 0 Å². The largest absolute Gasteiger partial charge is 0.135 e. The second kappa shape index (κ2) is 12.0. The maximum Gasteiger partial charge on any atom is 0.0361 e. The zero-order chi connectivity index (χ0) is 38.4. The summed E-state index contributed by atoms with van der Waals surface area (Å²) < 4.78 is 2.71. The van der Waals surface area contributed by atoms with Crippen molar-refractivity contribution in [3.05, 3.63) is 181 Å². The van der Waals surface area contributed by atoms with Gasteiger partial charge in [-0.15, -0.1) is 11.3 Å². The topological polar surface area (TPSA) is 0 Å². The van der Waals surface area contributed by atoms with Crippen LogP contribution in [0.15, 0.2) is 170 Å². The third-order valence-corrected chi connectivity index (χ3v) is 16.7. The quantitative estimate of drug-likeness (QED) is 0.157. The Balaban J connectivity index is 0.914. The lowest BCUT2D eigenvalue weighted by molar-refractivity contribution is -0.0398. The first-order valence-electron chi connectivity index (χ1n) is 21.8. The van der Waals surface area contributed by atoms with E-state index in [0.717, 1.165) is 23.7 Å². The molecule has 1 aromatic heterocycles. The Kier molecular flexibility index (Phi) is 6.70. The van der Waals surface area contributed by atoms with Crippen molar-refractivity contribution >= 4 is 63.8 Å². The van der Waals surface area contributed by atoms with Crippen molar-refractivity contribution in [1.82, 2.24) is 0 Å². The van der Waals surface area contributed by atoms with Crippen LogP contribution in [0.5, 0.6) is 0 Å². The van der Waals surface area contributed by atoms with Crippen LogP contribution in [0.4, 0.5) is 0 Å². The average Bonchev–Trinajstić information content (AvgIpc) is 3.78. The number of rotatable bonds is 3. The summed E-state index contributed by atoms with van der Waals surface area (Å²) in [4.78, 5) is 0. The maximum atomic E-state index is 2.66. The van der Waals surface area contributed by atoms with Crippen LogP contribution in [0.1, 0.15) is 43.2 Å². The van der Waals surface area contributed by atoms with E-state index in [2.05, 4.69) is 170 Å². The van der Waals surface area contributed by atoms with E-state index in [1.54, 1.807) is 11.1 Å². The number of benzene rings is 9. The molecule has 5 aliphatic carbocycles. The normalized spacial score (nSPS) is 22.6. The monoisotopic (exact) mass is 770 g/mol. The molecule has 0 atom stereocenters. The van der Waals surface area contributed by atoms with Crippen LogP contribution in [0, 0.1) is 23.7 Å². The molecule has 0 nitrogen and oxygen atoms in total. The lowest BCUT2D eigenvalue weighted by Crippen LogP contribution is -2.55. The van der Waals surface area contributed by atoms with E-state index in [1.807, 2.05) is 11.3 Å². The summed E-state index contributed by atoms with van der Waals surface area (Å²) in [6, 6.07) is 65.2. The van der Waals surface area contributed by atoms with Gasteiger partial charge in [-0.25, -0.2) is 0 Å². The molecular formula is C58H42S. The van der Waals surface area contributed by atoms with Gasteiger partial charge in [0.25, 0.3) is 0 Å². The third kappa shape index (κ3) is 4.49. The molecule has 10 aromatic rings. The zero-order valence-corrected chi connectivity index (χ0v) is 33.7.